The predicted molar refractivity (Wildman–Crippen MR) is 82.8 cm³/mol. The molecule has 0 fully saturated rings. The van der Waals surface area contributed by atoms with Gasteiger partial charge in [0, 0.05) is 11.9 Å². The first-order valence-electron chi connectivity index (χ1n) is 7.02. The minimum absolute atomic E-state index is 0.00474. The van der Waals surface area contributed by atoms with Gasteiger partial charge in [-0.15, -0.1) is 0 Å². The van der Waals surface area contributed by atoms with E-state index in [1.807, 2.05) is 0 Å². The molecule has 2 rings (SSSR count). The second-order valence-corrected chi connectivity index (χ2v) is 5.19. The monoisotopic (exact) mass is 319 g/mol. The van der Waals surface area contributed by atoms with Crippen LogP contribution in [0.2, 0.25) is 0 Å². The lowest BCUT2D eigenvalue weighted by Gasteiger charge is -2.11. The smallest absolute Gasteiger partial charge is 0.340 e. The maximum Gasteiger partial charge on any atom is 0.340 e. The minimum Gasteiger partial charge on any atom is -0.507 e. The van der Waals surface area contributed by atoms with Crippen molar-refractivity contribution < 1.29 is 24.2 Å². The number of fused-ring (bicyclic) bond motifs is 1. The number of hydrogen-bond donors (Lipinski definition) is 3. The Kier molecular flexibility index (Phi) is 4.80. The van der Waals surface area contributed by atoms with Gasteiger partial charge in [0.05, 0.1) is 24.2 Å². The molecule has 0 saturated carbocycles. The number of aliphatic hydroxyl groups excluding tert-OH is 1. The maximum absolute atomic E-state index is 12.1. The van der Waals surface area contributed by atoms with Crippen molar-refractivity contribution in [3.05, 3.63) is 38.7 Å². The van der Waals surface area contributed by atoms with E-state index < -0.39 is 11.5 Å². The van der Waals surface area contributed by atoms with E-state index in [-0.39, 0.29) is 42.0 Å². The Morgan fingerprint density at radius 2 is 2.09 bits per heavy atom. The average molecular weight is 319 g/mol. The number of rotatable bonds is 5. The molecule has 0 unspecified atom stereocenters. The van der Waals surface area contributed by atoms with E-state index in [1.54, 1.807) is 19.9 Å². The summed E-state index contributed by atoms with van der Waals surface area (Å²) in [5, 5.41) is 21.6. The number of hydrogen-bond acceptors (Lipinski definition) is 6. The van der Waals surface area contributed by atoms with Gasteiger partial charge in [-0.25, -0.2) is 4.79 Å². The van der Waals surface area contributed by atoms with Gasteiger partial charge in [-0.1, -0.05) is 0 Å². The lowest BCUT2D eigenvalue weighted by atomic mass is 9.98. The summed E-state index contributed by atoms with van der Waals surface area (Å²) in [6, 6.07) is 1.60. The van der Waals surface area contributed by atoms with E-state index in [0.717, 1.165) is 0 Å². The first-order chi connectivity index (χ1) is 10.9. The van der Waals surface area contributed by atoms with Crippen molar-refractivity contribution in [2.45, 2.75) is 20.3 Å². The standard InChI is InChI=1S/C16H17NO6/c1-8-5-10-9(2)11(6-13(20)17-3-4-18)16(22)23-15(10)12(7-19)14(8)21/h5,7,18,21H,3-4,6H2,1-2H3,(H,17,20). The molecule has 1 aromatic carbocycles. The molecule has 23 heavy (non-hydrogen) atoms. The number of aromatic hydroxyl groups is 1. The topological polar surface area (TPSA) is 117 Å². The number of carbonyl (C=O) groups excluding carboxylic acids is 2. The van der Waals surface area contributed by atoms with Gasteiger partial charge >= 0.3 is 5.63 Å². The Morgan fingerprint density at radius 3 is 2.70 bits per heavy atom. The number of amides is 1. The Labute approximate surface area is 131 Å². The predicted octanol–water partition coefficient (Wildman–Crippen LogP) is 0.579. The van der Waals surface area contributed by atoms with Crippen LogP contribution in [0, 0.1) is 13.8 Å². The van der Waals surface area contributed by atoms with Gasteiger partial charge in [0.2, 0.25) is 5.91 Å². The molecule has 0 aliphatic rings. The fraction of sp³-hybridized carbons (Fsp3) is 0.312. The number of aryl methyl sites for hydroxylation is 2. The van der Waals surface area contributed by atoms with Crippen LogP contribution in [-0.2, 0) is 11.2 Å². The summed E-state index contributed by atoms with van der Waals surface area (Å²) in [6.07, 6.45) is 0.237. The first-order valence-corrected chi connectivity index (χ1v) is 7.02. The molecule has 1 amide bonds. The zero-order valence-corrected chi connectivity index (χ0v) is 12.8. The Balaban J connectivity index is 2.62. The molecule has 0 radical (unpaired) electrons. The van der Waals surface area contributed by atoms with Crippen LogP contribution in [0.4, 0.5) is 0 Å². The largest absolute Gasteiger partial charge is 0.507 e. The molecule has 0 aliphatic heterocycles. The van der Waals surface area contributed by atoms with E-state index in [1.165, 1.54) is 0 Å². The van der Waals surface area contributed by atoms with Gasteiger partial charge in [-0.2, -0.15) is 0 Å². The summed E-state index contributed by atoms with van der Waals surface area (Å²) >= 11 is 0. The second kappa shape index (κ2) is 6.62. The van der Waals surface area contributed by atoms with Crippen molar-refractivity contribution >= 4 is 23.2 Å². The number of phenols is 1. The first kappa shape index (κ1) is 16.7. The van der Waals surface area contributed by atoms with Crippen LogP contribution in [0.1, 0.15) is 27.0 Å². The molecule has 3 N–H and O–H groups in total. The molecule has 0 atom stereocenters. The maximum atomic E-state index is 12.1. The Hall–Kier alpha value is -2.67. The SMILES string of the molecule is Cc1cc2c(C)c(CC(=O)NCCO)c(=O)oc2c(C=O)c1O. The van der Waals surface area contributed by atoms with Crippen LogP contribution < -0.4 is 10.9 Å². The second-order valence-electron chi connectivity index (χ2n) is 5.19. The van der Waals surface area contributed by atoms with Crippen molar-refractivity contribution in [2.24, 2.45) is 0 Å². The highest BCUT2D eigenvalue weighted by Gasteiger charge is 2.19. The number of aliphatic hydroxyl groups is 1. The third-order valence-corrected chi connectivity index (χ3v) is 3.67. The molecule has 7 nitrogen and oxygen atoms in total. The number of aldehydes is 1. The van der Waals surface area contributed by atoms with Gasteiger partial charge in [0.25, 0.3) is 0 Å². The van der Waals surface area contributed by atoms with Crippen LogP contribution >= 0.6 is 0 Å². The van der Waals surface area contributed by atoms with Crippen LogP contribution in [0.15, 0.2) is 15.3 Å². The quantitative estimate of drug-likeness (QED) is 0.548. The van der Waals surface area contributed by atoms with Crippen LogP contribution in [-0.4, -0.2) is 35.6 Å². The number of nitrogens with one attached hydrogen (secondary N) is 1. The van der Waals surface area contributed by atoms with E-state index in [0.29, 0.717) is 22.8 Å². The Morgan fingerprint density at radius 1 is 1.39 bits per heavy atom. The molecule has 0 bridgehead atoms. The average Bonchev–Trinajstić information content (AvgIpc) is 2.52. The summed E-state index contributed by atoms with van der Waals surface area (Å²) in [5.41, 5.74) is 0.339. The molecule has 7 heteroatoms. The summed E-state index contributed by atoms with van der Waals surface area (Å²) in [7, 11) is 0. The van der Waals surface area contributed by atoms with Gasteiger partial charge in [0.15, 0.2) is 11.9 Å². The van der Waals surface area contributed by atoms with Gasteiger partial charge in [-0.3, -0.25) is 9.59 Å². The molecule has 0 spiro atoms. The van der Waals surface area contributed by atoms with Gasteiger partial charge in [0.1, 0.15) is 5.75 Å². The summed E-state index contributed by atoms with van der Waals surface area (Å²) in [4.78, 5) is 35.1. The number of carbonyl (C=O) groups is 2. The summed E-state index contributed by atoms with van der Waals surface area (Å²) in [5.74, 6) is -0.650. The zero-order chi connectivity index (χ0) is 17.1. The van der Waals surface area contributed by atoms with Gasteiger partial charge in [-0.05, 0) is 31.0 Å². The lowest BCUT2D eigenvalue weighted by molar-refractivity contribution is -0.120. The summed E-state index contributed by atoms with van der Waals surface area (Å²) < 4.78 is 5.16. The van der Waals surface area contributed by atoms with Crippen molar-refractivity contribution in [3.8, 4) is 5.75 Å². The Bertz CT molecular complexity index is 837. The highest BCUT2D eigenvalue weighted by Crippen LogP contribution is 2.31. The normalized spacial score (nSPS) is 10.7. The third kappa shape index (κ3) is 3.09. The number of phenolic OH excluding ortho intramolecular Hbond substituents is 1. The van der Waals surface area contributed by atoms with Crippen molar-refractivity contribution in [1.82, 2.24) is 5.32 Å². The fourth-order valence-electron chi connectivity index (χ4n) is 2.41. The summed E-state index contributed by atoms with van der Waals surface area (Å²) in [6.45, 7) is 3.18. The van der Waals surface area contributed by atoms with E-state index >= 15 is 0 Å². The van der Waals surface area contributed by atoms with Crippen molar-refractivity contribution in [1.29, 1.82) is 0 Å². The van der Waals surface area contributed by atoms with Crippen molar-refractivity contribution in [2.75, 3.05) is 13.2 Å². The third-order valence-electron chi connectivity index (χ3n) is 3.67. The minimum atomic E-state index is -0.736. The van der Waals surface area contributed by atoms with Crippen LogP contribution in [0.3, 0.4) is 0 Å². The fourth-order valence-corrected chi connectivity index (χ4v) is 2.41. The lowest BCUT2D eigenvalue weighted by Crippen LogP contribution is -2.30. The molecule has 0 saturated heterocycles. The zero-order valence-electron chi connectivity index (χ0n) is 12.8. The molecule has 1 heterocycles. The number of benzene rings is 1. The molecule has 122 valence electrons. The highest BCUT2D eigenvalue weighted by atomic mass is 16.4. The van der Waals surface area contributed by atoms with Crippen molar-refractivity contribution in [3.63, 3.8) is 0 Å². The van der Waals surface area contributed by atoms with E-state index in [9.17, 15) is 19.5 Å². The molecule has 2 aromatic rings. The van der Waals surface area contributed by atoms with Crippen LogP contribution in [0.25, 0.3) is 11.0 Å². The molecular weight excluding hydrogens is 302 g/mol. The van der Waals surface area contributed by atoms with Gasteiger partial charge < -0.3 is 19.9 Å². The molecule has 0 aliphatic carbocycles. The van der Waals surface area contributed by atoms with E-state index in [4.69, 9.17) is 9.52 Å². The van der Waals surface area contributed by atoms with E-state index in [2.05, 4.69) is 5.32 Å². The molecular formula is C16H17NO6. The molecule has 1 aromatic heterocycles. The van der Waals surface area contributed by atoms with Crippen LogP contribution in [0.5, 0.6) is 5.75 Å². The highest BCUT2D eigenvalue weighted by molar-refractivity contribution is 5.99.